The number of nitriles is 1. The molecule has 1 saturated heterocycles. The summed E-state index contributed by atoms with van der Waals surface area (Å²) in [5.41, 5.74) is 0.173. The molecule has 0 spiro atoms. The molecule has 1 aliphatic rings. The second-order valence-electron chi connectivity index (χ2n) is 8.92. The molecular weight excluding hydrogens is 382 g/mol. The minimum Gasteiger partial charge on any atom is -0.354 e. The van der Waals surface area contributed by atoms with Crippen LogP contribution in [0.2, 0.25) is 0 Å². The Kier molecular flexibility index (Phi) is 5.97. The highest BCUT2D eigenvalue weighted by Gasteiger charge is 2.33. The van der Waals surface area contributed by atoms with Crippen molar-refractivity contribution >= 4 is 28.8 Å². The van der Waals surface area contributed by atoms with Gasteiger partial charge in [0.25, 0.3) is 0 Å². The number of anilines is 1. The molecule has 1 aliphatic heterocycles. The molecule has 2 amide bonds. The van der Waals surface area contributed by atoms with Crippen molar-refractivity contribution in [3.8, 4) is 6.07 Å². The van der Waals surface area contributed by atoms with Crippen molar-refractivity contribution in [2.75, 3.05) is 25.0 Å². The predicted octanol–water partition coefficient (Wildman–Crippen LogP) is 2.37. The third-order valence-corrected chi connectivity index (χ3v) is 5.49. The lowest BCUT2D eigenvalue weighted by molar-refractivity contribution is -0.131. The molecule has 30 heavy (non-hydrogen) atoms. The molecule has 0 bridgehead atoms. The molecule has 2 aromatic heterocycles. The van der Waals surface area contributed by atoms with Crippen LogP contribution in [0.5, 0.6) is 0 Å². The second kappa shape index (κ2) is 8.30. The van der Waals surface area contributed by atoms with Crippen LogP contribution in [0.1, 0.15) is 40.5 Å². The van der Waals surface area contributed by atoms with Gasteiger partial charge in [-0.05, 0) is 39.2 Å². The van der Waals surface area contributed by atoms with Crippen molar-refractivity contribution < 1.29 is 9.59 Å². The van der Waals surface area contributed by atoms with Gasteiger partial charge in [0, 0.05) is 31.9 Å². The van der Waals surface area contributed by atoms with Gasteiger partial charge in [-0.3, -0.25) is 9.36 Å². The van der Waals surface area contributed by atoms with E-state index in [-0.39, 0.29) is 29.9 Å². The van der Waals surface area contributed by atoms with Crippen molar-refractivity contribution in [3.05, 3.63) is 18.6 Å². The molecule has 2 aromatic rings. The number of piperidine rings is 1. The Morgan fingerprint density at radius 3 is 2.77 bits per heavy atom. The van der Waals surface area contributed by atoms with Crippen LogP contribution in [-0.4, -0.2) is 63.1 Å². The number of hydrogen-bond acceptors (Lipinski definition) is 6. The summed E-state index contributed by atoms with van der Waals surface area (Å²) in [4.78, 5) is 37.5. The van der Waals surface area contributed by atoms with E-state index in [4.69, 9.17) is 5.26 Å². The number of aromatic nitrogens is 3. The lowest BCUT2D eigenvalue weighted by atomic mass is 9.92. The third-order valence-electron chi connectivity index (χ3n) is 5.49. The fourth-order valence-electron chi connectivity index (χ4n) is 3.88. The molecule has 2 unspecified atom stereocenters. The summed E-state index contributed by atoms with van der Waals surface area (Å²) in [5.74, 6) is 0.923. The van der Waals surface area contributed by atoms with E-state index in [0.29, 0.717) is 30.5 Å². The summed E-state index contributed by atoms with van der Waals surface area (Å²) in [5, 5.41) is 12.6. The molecule has 1 N–H and O–H groups in total. The van der Waals surface area contributed by atoms with Crippen LogP contribution in [0, 0.1) is 17.2 Å². The number of likely N-dealkylation sites (tertiary alicyclic amines) is 1. The maximum absolute atomic E-state index is 12.7. The normalized spacial score (nSPS) is 19.4. The van der Waals surface area contributed by atoms with E-state index in [0.717, 1.165) is 11.8 Å². The zero-order valence-electron chi connectivity index (χ0n) is 18.2. The molecule has 3 rings (SSSR count). The monoisotopic (exact) mass is 411 g/mol. The van der Waals surface area contributed by atoms with Crippen LogP contribution in [0.15, 0.2) is 18.6 Å². The van der Waals surface area contributed by atoms with E-state index in [1.54, 1.807) is 11.1 Å². The van der Waals surface area contributed by atoms with Gasteiger partial charge in [0.05, 0.1) is 17.5 Å². The van der Waals surface area contributed by atoms with Gasteiger partial charge >= 0.3 is 6.03 Å². The molecule has 2 atom stereocenters. The molecule has 9 heteroatoms. The second-order valence-corrected chi connectivity index (χ2v) is 8.92. The molecule has 0 aliphatic carbocycles. The molecule has 0 aromatic carbocycles. The van der Waals surface area contributed by atoms with Gasteiger partial charge in [-0.2, -0.15) is 5.26 Å². The SMILES string of the molecule is CC1CCN(C(=O)CC#N)CC1N(C)c1ncnc2c1ccn2C(=O)NC(C)(C)C. The number of carbonyl (C=O) groups is 2. The number of amides is 2. The molecular formula is C21H29N7O2. The van der Waals surface area contributed by atoms with Crippen LogP contribution in [-0.2, 0) is 4.79 Å². The van der Waals surface area contributed by atoms with E-state index in [2.05, 4.69) is 27.1 Å². The number of hydrogen-bond donors (Lipinski definition) is 1. The number of nitrogens with zero attached hydrogens (tertiary/aromatic N) is 6. The Labute approximate surface area is 176 Å². The van der Waals surface area contributed by atoms with E-state index in [1.165, 1.54) is 10.9 Å². The van der Waals surface area contributed by atoms with Gasteiger partial charge < -0.3 is 15.1 Å². The summed E-state index contributed by atoms with van der Waals surface area (Å²) in [6.07, 6.45) is 3.91. The highest BCUT2D eigenvalue weighted by atomic mass is 16.2. The molecule has 1 fully saturated rings. The molecule has 0 radical (unpaired) electrons. The number of rotatable bonds is 3. The van der Waals surface area contributed by atoms with Crippen molar-refractivity contribution in [3.63, 3.8) is 0 Å². The number of nitrogens with one attached hydrogen (secondary N) is 1. The Balaban J connectivity index is 1.90. The zero-order chi connectivity index (χ0) is 22.1. The first-order valence-corrected chi connectivity index (χ1v) is 10.1. The van der Waals surface area contributed by atoms with Crippen molar-refractivity contribution in [2.24, 2.45) is 5.92 Å². The van der Waals surface area contributed by atoms with Gasteiger partial charge in [0.1, 0.15) is 18.6 Å². The smallest absolute Gasteiger partial charge is 0.327 e. The summed E-state index contributed by atoms with van der Waals surface area (Å²) >= 11 is 0. The molecule has 3 heterocycles. The lowest BCUT2D eigenvalue weighted by Crippen LogP contribution is -2.52. The van der Waals surface area contributed by atoms with Crippen molar-refractivity contribution in [1.82, 2.24) is 24.8 Å². The van der Waals surface area contributed by atoms with Crippen molar-refractivity contribution in [2.45, 2.75) is 52.1 Å². The van der Waals surface area contributed by atoms with Gasteiger partial charge in [0.15, 0.2) is 5.65 Å². The van der Waals surface area contributed by atoms with Gasteiger partial charge in [-0.1, -0.05) is 6.92 Å². The van der Waals surface area contributed by atoms with Crippen LogP contribution in [0.4, 0.5) is 10.6 Å². The molecule has 9 nitrogen and oxygen atoms in total. The summed E-state index contributed by atoms with van der Waals surface area (Å²) in [7, 11) is 1.95. The lowest BCUT2D eigenvalue weighted by Gasteiger charge is -2.42. The Morgan fingerprint density at radius 2 is 2.10 bits per heavy atom. The maximum Gasteiger partial charge on any atom is 0.327 e. The summed E-state index contributed by atoms with van der Waals surface area (Å²) < 4.78 is 1.49. The summed E-state index contributed by atoms with van der Waals surface area (Å²) in [6, 6.07) is 3.58. The van der Waals surface area contributed by atoms with E-state index >= 15 is 0 Å². The zero-order valence-corrected chi connectivity index (χ0v) is 18.2. The minimum atomic E-state index is -0.364. The number of likely N-dealkylation sites (N-methyl/N-ethyl adjacent to an activating group) is 1. The minimum absolute atomic E-state index is 0.0474. The Morgan fingerprint density at radius 1 is 1.37 bits per heavy atom. The fourth-order valence-corrected chi connectivity index (χ4v) is 3.88. The predicted molar refractivity (Wildman–Crippen MR) is 114 cm³/mol. The Hall–Kier alpha value is -3.15. The number of carbonyl (C=O) groups excluding carboxylic acids is 2. The van der Waals surface area contributed by atoms with Gasteiger partial charge in [-0.15, -0.1) is 0 Å². The topological polar surface area (TPSA) is 107 Å². The van der Waals surface area contributed by atoms with Gasteiger partial charge in [-0.25, -0.2) is 14.8 Å². The first-order valence-electron chi connectivity index (χ1n) is 10.1. The number of fused-ring (bicyclic) bond motifs is 1. The molecule has 160 valence electrons. The van der Waals surface area contributed by atoms with E-state index < -0.39 is 0 Å². The van der Waals surface area contributed by atoms with Crippen LogP contribution >= 0.6 is 0 Å². The Bertz CT molecular complexity index is 985. The van der Waals surface area contributed by atoms with E-state index in [9.17, 15) is 9.59 Å². The van der Waals surface area contributed by atoms with E-state index in [1.807, 2.05) is 40.0 Å². The average Bonchev–Trinajstić information content (AvgIpc) is 3.11. The van der Waals surface area contributed by atoms with Crippen LogP contribution in [0.25, 0.3) is 11.0 Å². The first-order chi connectivity index (χ1) is 14.1. The largest absolute Gasteiger partial charge is 0.354 e. The first kappa shape index (κ1) is 21.6. The fraction of sp³-hybridized carbons (Fsp3) is 0.571. The van der Waals surface area contributed by atoms with Crippen LogP contribution < -0.4 is 10.2 Å². The quantitative estimate of drug-likeness (QED) is 0.831. The van der Waals surface area contributed by atoms with Crippen LogP contribution in [0.3, 0.4) is 0 Å². The standard InChI is InChI=1S/C21H29N7O2/c1-14-7-10-27(17(29)6-9-22)12-16(14)26(5)18-15-8-11-28(19(15)24-13-23-18)20(30)25-21(2,3)4/h8,11,13-14,16H,6-7,10,12H2,1-5H3,(H,25,30). The average molecular weight is 412 g/mol. The summed E-state index contributed by atoms with van der Waals surface area (Å²) in [6.45, 7) is 9.13. The third kappa shape index (κ3) is 4.37. The maximum atomic E-state index is 12.7. The molecule has 0 saturated carbocycles. The highest BCUT2D eigenvalue weighted by Crippen LogP contribution is 2.29. The van der Waals surface area contributed by atoms with Crippen molar-refractivity contribution in [1.29, 1.82) is 5.26 Å². The van der Waals surface area contributed by atoms with Gasteiger partial charge in [0.2, 0.25) is 5.91 Å². The highest BCUT2D eigenvalue weighted by molar-refractivity contribution is 5.95.